The fourth-order valence-electron chi connectivity index (χ4n) is 1.29. The molecule has 18 heavy (non-hydrogen) atoms. The number of nitrogens with zero attached hydrogens (tertiary/aromatic N) is 1. The molecule has 1 rings (SSSR count). The minimum atomic E-state index is -3.16. The fraction of sp³-hybridized carbons (Fsp3) is 0.273. The van der Waals surface area contributed by atoms with Crippen LogP contribution < -0.4 is 4.74 Å². The first-order valence-electron chi connectivity index (χ1n) is 4.89. The largest absolute Gasteiger partial charge is 0.507 e. The molecule has 0 aromatic heterocycles. The number of carbonyl (C=O) groups is 1. The minimum Gasteiger partial charge on any atom is -0.507 e. The molecule has 5 nitrogen and oxygen atoms in total. The lowest BCUT2D eigenvalue weighted by Crippen LogP contribution is -2.12. The molecule has 1 N–H and O–H groups in total. The molecule has 96 valence electrons. The average Bonchev–Trinajstić information content (AvgIpc) is 2.30. The molecule has 0 atom stereocenters. The number of hydrogen-bond donors (Lipinski definition) is 1. The Hall–Kier alpha value is -2.36. The molecular weight excluding hydrogens is 248 g/mol. The van der Waals surface area contributed by atoms with Gasteiger partial charge in [-0.25, -0.2) is 4.79 Å². The van der Waals surface area contributed by atoms with Gasteiger partial charge in [-0.2, -0.15) is 14.0 Å². The third kappa shape index (κ3) is 2.85. The lowest BCUT2D eigenvalue weighted by molar-refractivity contribution is -0.0505. The van der Waals surface area contributed by atoms with E-state index >= 15 is 0 Å². The molecule has 0 radical (unpaired) electrons. The van der Waals surface area contributed by atoms with Gasteiger partial charge in [0.05, 0.1) is 6.61 Å². The number of phenolic OH excluding ortho intramolecular Hbond substituents is 1. The van der Waals surface area contributed by atoms with Gasteiger partial charge >= 0.3 is 12.6 Å². The van der Waals surface area contributed by atoms with Crippen molar-refractivity contribution in [3.8, 4) is 17.6 Å². The van der Waals surface area contributed by atoms with Gasteiger partial charge in [-0.05, 0) is 19.1 Å². The van der Waals surface area contributed by atoms with E-state index in [4.69, 9.17) is 5.26 Å². The second-order valence-corrected chi connectivity index (χ2v) is 3.04. The lowest BCUT2D eigenvalue weighted by atomic mass is 10.1. The molecule has 0 amide bonds. The van der Waals surface area contributed by atoms with Gasteiger partial charge < -0.3 is 14.6 Å². The van der Waals surface area contributed by atoms with Crippen molar-refractivity contribution in [2.75, 3.05) is 6.61 Å². The van der Waals surface area contributed by atoms with Crippen molar-refractivity contribution in [3.05, 3.63) is 23.3 Å². The summed E-state index contributed by atoms with van der Waals surface area (Å²) in [6.07, 6.45) is 0. The summed E-state index contributed by atoms with van der Waals surface area (Å²) in [6.45, 7) is -1.65. The predicted octanol–water partition coefficient (Wildman–Crippen LogP) is 2.04. The van der Waals surface area contributed by atoms with Crippen molar-refractivity contribution in [3.63, 3.8) is 0 Å². The Morgan fingerprint density at radius 1 is 1.56 bits per heavy atom. The van der Waals surface area contributed by atoms with Crippen molar-refractivity contribution >= 4 is 5.97 Å². The van der Waals surface area contributed by atoms with Crippen molar-refractivity contribution in [1.29, 1.82) is 5.26 Å². The van der Waals surface area contributed by atoms with E-state index in [1.807, 2.05) is 0 Å². The second-order valence-electron chi connectivity index (χ2n) is 3.04. The molecular formula is C11H9F2NO4. The molecule has 0 saturated carbocycles. The topological polar surface area (TPSA) is 79.6 Å². The molecule has 0 saturated heterocycles. The maximum atomic E-state index is 12.2. The highest BCUT2D eigenvalue weighted by molar-refractivity contribution is 5.96. The zero-order chi connectivity index (χ0) is 13.7. The van der Waals surface area contributed by atoms with E-state index in [9.17, 15) is 18.7 Å². The van der Waals surface area contributed by atoms with E-state index in [1.165, 1.54) is 6.92 Å². The van der Waals surface area contributed by atoms with E-state index < -0.39 is 35.2 Å². The Morgan fingerprint density at radius 3 is 2.72 bits per heavy atom. The summed E-state index contributed by atoms with van der Waals surface area (Å²) in [5.41, 5.74) is -0.980. The second kappa shape index (κ2) is 5.82. The first-order chi connectivity index (χ1) is 8.51. The smallest absolute Gasteiger partial charge is 0.387 e. The van der Waals surface area contributed by atoms with Crippen LogP contribution in [-0.4, -0.2) is 24.3 Å². The number of aromatic hydroxyl groups is 1. The molecule has 7 heteroatoms. The van der Waals surface area contributed by atoms with Gasteiger partial charge in [-0.15, -0.1) is 0 Å². The SMILES string of the molecule is CCOC(=O)c1c(OC(F)F)ccc(O)c1C#N. The van der Waals surface area contributed by atoms with Gasteiger partial charge in [0.1, 0.15) is 28.7 Å². The third-order valence-corrected chi connectivity index (χ3v) is 1.95. The van der Waals surface area contributed by atoms with Crippen LogP contribution in [0.3, 0.4) is 0 Å². The molecule has 1 aromatic rings. The Labute approximate surface area is 101 Å². The number of benzene rings is 1. The molecule has 0 aliphatic heterocycles. The maximum absolute atomic E-state index is 12.2. The number of hydrogen-bond acceptors (Lipinski definition) is 5. The molecule has 1 aromatic carbocycles. The number of halogens is 2. The van der Waals surface area contributed by atoms with Crippen LogP contribution in [0.5, 0.6) is 11.5 Å². The zero-order valence-electron chi connectivity index (χ0n) is 9.31. The van der Waals surface area contributed by atoms with Crippen LogP contribution in [0.1, 0.15) is 22.8 Å². The van der Waals surface area contributed by atoms with Crippen LogP contribution in [0.4, 0.5) is 8.78 Å². The Morgan fingerprint density at radius 2 is 2.22 bits per heavy atom. The lowest BCUT2D eigenvalue weighted by Gasteiger charge is -2.11. The number of ether oxygens (including phenoxy) is 2. The number of nitriles is 1. The zero-order valence-corrected chi connectivity index (χ0v) is 9.31. The Bertz CT molecular complexity index is 497. The van der Waals surface area contributed by atoms with Crippen LogP contribution in [0.15, 0.2) is 12.1 Å². The molecule has 0 bridgehead atoms. The highest BCUT2D eigenvalue weighted by Crippen LogP contribution is 2.30. The van der Waals surface area contributed by atoms with Crippen LogP contribution in [-0.2, 0) is 4.74 Å². The van der Waals surface area contributed by atoms with E-state index in [0.717, 1.165) is 12.1 Å². The average molecular weight is 257 g/mol. The standard InChI is InChI=1S/C11H9F2NO4/c1-2-17-10(16)9-6(5-14)7(15)3-4-8(9)18-11(12)13/h3-4,11,15H,2H2,1H3. The number of esters is 1. The summed E-state index contributed by atoms with van der Waals surface area (Å²) < 4.78 is 33.1. The van der Waals surface area contributed by atoms with Gasteiger partial charge in [0, 0.05) is 0 Å². The molecule has 0 spiro atoms. The van der Waals surface area contributed by atoms with Crippen LogP contribution >= 0.6 is 0 Å². The molecule has 0 aliphatic carbocycles. The molecule has 0 fully saturated rings. The summed E-state index contributed by atoms with van der Waals surface area (Å²) in [4.78, 5) is 11.6. The van der Waals surface area contributed by atoms with Gasteiger partial charge in [0.15, 0.2) is 0 Å². The first-order valence-corrected chi connectivity index (χ1v) is 4.89. The summed E-state index contributed by atoms with van der Waals surface area (Å²) in [7, 11) is 0. The Balaban J connectivity index is 3.35. The van der Waals surface area contributed by atoms with Gasteiger partial charge in [0.2, 0.25) is 0 Å². The van der Waals surface area contributed by atoms with Crippen molar-refractivity contribution < 1.29 is 28.2 Å². The summed E-state index contributed by atoms with van der Waals surface area (Å²) >= 11 is 0. The van der Waals surface area contributed by atoms with Gasteiger partial charge in [-0.3, -0.25) is 0 Å². The number of alkyl halides is 2. The third-order valence-electron chi connectivity index (χ3n) is 1.95. The van der Waals surface area contributed by atoms with Crippen LogP contribution in [0, 0.1) is 11.3 Å². The highest BCUT2D eigenvalue weighted by Gasteiger charge is 2.23. The molecule has 0 unspecified atom stereocenters. The maximum Gasteiger partial charge on any atom is 0.387 e. The van der Waals surface area contributed by atoms with Crippen molar-refractivity contribution in [2.45, 2.75) is 13.5 Å². The quantitative estimate of drug-likeness (QED) is 0.835. The van der Waals surface area contributed by atoms with Crippen LogP contribution in [0.25, 0.3) is 0 Å². The summed E-state index contributed by atoms with van der Waals surface area (Å²) in [5.74, 6) is -2.04. The molecule has 0 aliphatic rings. The Kier molecular flexibility index (Phi) is 4.43. The summed E-state index contributed by atoms with van der Waals surface area (Å²) in [5, 5.41) is 18.2. The normalized spacial score (nSPS) is 9.94. The number of rotatable bonds is 4. The summed E-state index contributed by atoms with van der Waals surface area (Å²) in [6, 6.07) is 3.49. The van der Waals surface area contributed by atoms with Crippen LogP contribution in [0.2, 0.25) is 0 Å². The number of carbonyl (C=O) groups excluding carboxylic acids is 1. The van der Waals surface area contributed by atoms with E-state index in [2.05, 4.69) is 9.47 Å². The van der Waals surface area contributed by atoms with Gasteiger partial charge in [-0.1, -0.05) is 0 Å². The minimum absolute atomic E-state index is 0.00647. The van der Waals surface area contributed by atoms with E-state index in [-0.39, 0.29) is 6.61 Å². The number of phenols is 1. The predicted molar refractivity (Wildman–Crippen MR) is 55.4 cm³/mol. The van der Waals surface area contributed by atoms with Crippen molar-refractivity contribution in [2.24, 2.45) is 0 Å². The molecule has 0 heterocycles. The highest BCUT2D eigenvalue weighted by atomic mass is 19.3. The van der Waals surface area contributed by atoms with E-state index in [1.54, 1.807) is 6.07 Å². The van der Waals surface area contributed by atoms with Gasteiger partial charge in [0.25, 0.3) is 0 Å². The fourth-order valence-corrected chi connectivity index (χ4v) is 1.29. The monoisotopic (exact) mass is 257 g/mol. The first kappa shape index (κ1) is 13.7. The van der Waals surface area contributed by atoms with Crippen molar-refractivity contribution in [1.82, 2.24) is 0 Å². The van der Waals surface area contributed by atoms with E-state index in [0.29, 0.717) is 0 Å².